The van der Waals surface area contributed by atoms with Gasteiger partial charge in [0.05, 0.1) is 4.92 Å². The zero-order valence-corrected chi connectivity index (χ0v) is 13.8. The van der Waals surface area contributed by atoms with Gasteiger partial charge < -0.3 is 10.6 Å². The van der Waals surface area contributed by atoms with Crippen LogP contribution in [0.25, 0.3) is 0 Å². The number of carbonyl (C=O) groups is 2. The number of non-ortho nitro benzene ring substituents is 1. The number of hydrogen-bond acceptors (Lipinski definition) is 7. The number of anilines is 1. The minimum absolute atomic E-state index is 0.0764. The topological polar surface area (TPSA) is 126 Å². The minimum Gasteiger partial charge on any atom is -0.326 e. The van der Waals surface area contributed by atoms with Crippen LogP contribution in [0, 0.1) is 10.1 Å². The van der Waals surface area contributed by atoms with Crippen molar-refractivity contribution in [2.75, 3.05) is 5.32 Å². The Bertz CT molecular complexity index is 742. The molecule has 2 amide bonds. The van der Waals surface area contributed by atoms with Crippen molar-refractivity contribution < 1.29 is 14.5 Å². The van der Waals surface area contributed by atoms with Gasteiger partial charge in [0.15, 0.2) is 5.17 Å². The first kappa shape index (κ1) is 17.6. The Hall–Kier alpha value is -2.75. The third kappa shape index (κ3) is 4.88. The summed E-state index contributed by atoms with van der Waals surface area (Å²) in [6.45, 7) is 3.55. The van der Waals surface area contributed by atoms with Gasteiger partial charge in [-0.25, -0.2) is 0 Å². The van der Waals surface area contributed by atoms with Crippen LogP contribution in [0.1, 0.15) is 20.3 Å². The third-order valence-electron chi connectivity index (χ3n) is 2.83. The molecule has 2 rings (SSSR count). The summed E-state index contributed by atoms with van der Waals surface area (Å²) in [7, 11) is 0. The van der Waals surface area contributed by atoms with E-state index in [4.69, 9.17) is 0 Å². The molecule has 1 fully saturated rings. The fourth-order valence-corrected chi connectivity index (χ4v) is 2.73. The SMILES string of the molecule is CC(C)=N/N=C1\NC(=O)C(CC(=O)Nc2cccc([N+](=O)[O-])c2)S1. The van der Waals surface area contributed by atoms with E-state index in [9.17, 15) is 19.7 Å². The van der Waals surface area contributed by atoms with Crippen molar-refractivity contribution in [2.45, 2.75) is 25.5 Å². The second kappa shape index (κ2) is 7.68. The van der Waals surface area contributed by atoms with Crippen LogP contribution in [0.5, 0.6) is 0 Å². The molecule has 9 nitrogen and oxygen atoms in total. The van der Waals surface area contributed by atoms with Crippen molar-refractivity contribution >= 4 is 45.8 Å². The lowest BCUT2D eigenvalue weighted by Crippen LogP contribution is -2.28. The van der Waals surface area contributed by atoms with Crippen LogP contribution in [0.15, 0.2) is 34.5 Å². The summed E-state index contributed by atoms with van der Waals surface area (Å²) < 4.78 is 0. The molecule has 24 heavy (non-hydrogen) atoms. The molecule has 0 aliphatic carbocycles. The van der Waals surface area contributed by atoms with Gasteiger partial charge in [0.1, 0.15) is 5.25 Å². The first-order chi connectivity index (χ1) is 11.3. The number of amidine groups is 1. The molecule has 1 heterocycles. The predicted molar refractivity (Wildman–Crippen MR) is 92.1 cm³/mol. The van der Waals surface area contributed by atoms with E-state index in [1.165, 1.54) is 18.2 Å². The monoisotopic (exact) mass is 349 g/mol. The number of nitrogens with zero attached hydrogens (tertiary/aromatic N) is 3. The Balaban J connectivity index is 1.96. The normalized spacial score (nSPS) is 18.2. The standard InChI is InChI=1S/C14H15N5O4S/c1-8(2)17-18-14-16-13(21)11(24-14)7-12(20)15-9-4-3-5-10(6-9)19(22)23/h3-6,11H,7H2,1-2H3,(H,15,20)(H,16,18,21). The number of carbonyl (C=O) groups excluding carboxylic acids is 2. The maximum Gasteiger partial charge on any atom is 0.271 e. The van der Waals surface area contributed by atoms with Crippen LogP contribution in [-0.2, 0) is 9.59 Å². The third-order valence-corrected chi connectivity index (χ3v) is 3.90. The number of rotatable bonds is 5. The second-order valence-electron chi connectivity index (χ2n) is 5.11. The summed E-state index contributed by atoms with van der Waals surface area (Å²) in [5.41, 5.74) is 0.921. The van der Waals surface area contributed by atoms with Gasteiger partial charge in [0.2, 0.25) is 11.8 Å². The van der Waals surface area contributed by atoms with E-state index < -0.39 is 16.1 Å². The Kier molecular flexibility index (Phi) is 5.64. The average Bonchev–Trinajstić information content (AvgIpc) is 2.85. The zero-order chi connectivity index (χ0) is 17.7. The Labute approximate surface area is 141 Å². The lowest BCUT2D eigenvalue weighted by atomic mass is 10.2. The molecule has 0 aromatic heterocycles. The molecule has 0 spiro atoms. The molecule has 1 aliphatic rings. The van der Waals surface area contributed by atoms with E-state index in [-0.39, 0.29) is 18.0 Å². The number of nitrogens with one attached hydrogen (secondary N) is 2. The van der Waals surface area contributed by atoms with E-state index in [0.717, 1.165) is 17.5 Å². The smallest absolute Gasteiger partial charge is 0.271 e. The highest BCUT2D eigenvalue weighted by Gasteiger charge is 2.32. The van der Waals surface area contributed by atoms with Gasteiger partial charge in [-0.2, -0.15) is 5.10 Å². The van der Waals surface area contributed by atoms with Crippen molar-refractivity contribution in [1.82, 2.24) is 5.32 Å². The van der Waals surface area contributed by atoms with Gasteiger partial charge in [-0.15, -0.1) is 5.10 Å². The molecule has 1 atom stereocenters. The Morgan fingerprint density at radius 1 is 1.46 bits per heavy atom. The molecule has 1 aromatic carbocycles. The number of hydrogen-bond donors (Lipinski definition) is 2. The first-order valence-corrected chi connectivity index (χ1v) is 7.84. The molecule has 126 valence electrons. The van der Waals surface area contributed by atoms with Crippen LogP contribution in [0.4, 0.5) is 11.4 Å². The predicted octanol–water partition coefficient (Wildman–Crippen LogP) is 1.91. The van der Waals surface area contributed by atoms with Crippen LogP contribution < -0.4 is 10.6 Å². The summed E-state index contributed by atoms with van der Waals surface area (Å²) in [6.07, 6.45) is -0.0764. The van der Waals surface area contributed by atoms with Gasteiger partial charge >= 0.3 is 0 Å². The number of nitro benzene ring substituents is 1. The van der Waals surface area contributed by atoms with E-state index in [2.05, 4.69) is 20.8 Å². The molecular weight excluding hydrogens is 334 g/mol. The van der Waals surface area contributed by atoms with Crippen LogP contribution in [-0.4, -0.2) is 32.9 Å². The van der Waals surface area contributed by atoms with Gasteiger partial charge in [-0.1, -0.05) is 17.8 Å². The fraction of sp³-hybridized carbons (Fsp3) is 0.286. The number of thioether (sulfide) groups is 1. The highest BCUT2D eigenvalue weighted by atomic mass is 32.2. The molecule has 2 N–H and O–H groups in total. The molecule has 1 aliphatic heterocycles. The van der Waals surface area contributed by atoms with Crippen molar-refractivity contribution in [3.63, 3.8) is 0 Å². The van der Waals surface area contributed by atoms with Crippen molar-refractivity contribution in [2.24, 2.45) is 10.2 Å². The summed E-state index contributed by atoms with van der Waals surface area (Å²) in [5, 5.41) is 23.3. The van der Waals surface area contributed by atoms with Gasteiger partial charge in [0.25, 0.3) is 5.69 Å². The molecule has 0 bridgehead atoms. The summed E-state index contributed by atoms with van der Waals surface area (Å²) in [4.78, 5) is 34.0. The van der Waals surface area contributed by atoms with Crippen LogP contribution in [0.3, 0.4) is 0 Å². The summed E-state index contributed by atoms with van der Waals surface area (Å²) >= 11 is 1.12. The lowest BCUT2D eigenvalue weighted by molar-refractivity contribution is -0.384. The van der Waals surface area contributed by atoms with E-state index in [1.807, 2.05) is 0 Å². The first-order valence-electron chi connectivity index (χ1n) is 6.96. The maximum atomic E-state index is 12.0. The van der Waals surface area contributed by atoms with E-state index in [0.29, 0.717) is 10.9 Å². The Morgan fingerprint density at radius 2 is 2.21 bits per heavy atom. The number of amides is 2. The van der Waals surface area contributed by atoms with Crippen LogP contribution in [0.2, 0.25) is 0 Å². The minimum atomic E-state index is -0.616. The van der Waals surface area contributed by atoms with Crippen LogP contribution >= 0.6 is 11.8 Å². The highest BCUT2D eigenvalue weighted by molar-refractivity contribution is 8.15. The zero-order valence-electron chi connectivity index (χ0n) is 13.0. The quantitative estimate of drug-likeness (QED) is 0.477. The molecular formula is C14H15N5O4S. The van der Waals surface area contributed by atoms with Crippen molar-refractivity contribution in [3.8, 4) is 0 Å². The maximum absolute atomic E-state index is 12.0. The molecule has 0 saturated carbocycles. The molecule has 1 aromatic rings. The van der Waals surface area contributed by atoms with E-state index in [1.54, 1.807) is 19.9 Å². The molecule has 1 saturated heterocycles. The Morgan fingerprint density at radius 3 is 2.88 bits per heavy atom. The highest BCUT2D eigenvalue weighted by Crippen LogP contribution is 2.23. The van der Waals surface area contributed by atoms with Gasteiger partial charge in [-0.3, -0.25) is 19.7 Å². The molecule has 1 unspecified atom stereocenters. The summed E-state index contributed by atoms with van der Waals surface area (Å²) in [6, 6.07) is 5.60. The van der Waals surface area contributed by atoms with Gasteiger partial charge in [-0.05, 0) is 19.9 Å². The van der Waals surface area contributed by atoms with E-state index >= 15 is 0 Å². The van der Waals surface area contributed by atoms with Crippen molar-refractivity contribution in [1.29, 1.82) is 0 Å². The van der Waals surface area contributed by atoms with Gasteiger partial charge in [0, 0.05) is 30.0 Å². The number of benzene rings is 1. The summed E-state index contributed by atoms with van der Waals surface area (Å²) in [5.74, 6) is -0.739. The average molecular weight is 349 g/mol. The molecule has 10 heteroatoms. The second-order valence-corrected chi connectivity index (χ2v) is 6.30. The number of nitro groups is 1. The largest absolute Gasteiger partial charge is 0.326 e. The fourth-order valence-electron chi connectivity index (χ4n) is 1.81. The van der Waals surface area contributed by atoms with Crippen molar-refractivity contribution in [3.05, 3.63) is 34.4 Å². The lowest BCUT2D eigenvalue weighted by Gasteiger charge is -2.07. The molecule has 0 radical (unpaired) electrons.